The molecule has 0 aliphatic carbocycles. The smallest absolute Gasteiger partial charge is 0.259 e. The van der Waals surface area contributed by atoms with E-state index in [4.69, 9.17) is 4.74 Å². The third-order valence-corrected chi connectivity index (χ3v) is 6.60. The Morgan fingerprint density at radius 1 is 1.11 bits per heavy atom. The number of hydrogen-bond acceptors (Lipinski definition) is 5. The van der Waals surface area contributed by atoms with Crippen LogP contribution in [0.1, 0.15) is 40.9 Å². The summed E-state index contributed by atoms with van der Waals surface area (Å²) in [5, 5.41) is 9.88. The SMILES string of the molecule is C[C@@H]1CN([C@@H](C)CO)C(=O)c2cc(/C=C/c3ccccc3)cnc2O[C@@H]1CN(C)Cc1ccccc1. The van der Waals surface area contributed by atoms with Crippen molar-refractivity contribution in [3.63, 3.8) is 0 Å². The highest BCUT2D eigenvalue weighted by molar-refractivity contribution is 5.97. The Hall–Kier alpha value is -3.48. The summed E-state index contributed by atoms with van der Waals surface area (Å²) in [6, 6.07) is 21.9. The van der Waals surface area contributed by atoms with E-state index in [1.807, 2.05) is 73.7 Å². The van der Waals surface area contributed by atoms with E-state index in [0.29, 0.717) is 24.5 Å². The van der Waals surface area contributed by atoms with Crippen LogP contribution in [0.5, 0.6) is 5.88 Å². The van der Waals surface area contributed by atoms with E-state index in [2.05, 4.69) is 36.0 Å². The molecule has 1 aliphatic heterocycles. The molecule has 6 nitrogen and oxygen atoms in total. The number of aliphatic hydroxyl groups is 1. The zero-order chi connectivity index (χ0) is 25.5. The van der Waals surface area contributed by atoms with Crippen LogP contribution in [0, 0.1) is 5.92 Å². The van der Waals surface area contributed by atoms with Gasteiger partial charge in [0.2, 0.25) is 5.88 Å². The molecule has 0 fully saturated rings. The number of benzene rings is 2. The molecular formula is C30H35N3O3. The predicted octanol–water partition coefficient (Wildman–Crippen LogP) is 4.60. The number of amides is 1. The molecule has 0 spiro atoms. The fraction of sp³-hybridized carbons (Fsp3) is 0.333. The van der Waals surface area contributed by atoms with Gasteiger partial charge in [0.1, 0.15) is 11.7 Å². The highest BCUT2D eigenvalue weighted by Crippen LogP contribution is 2.28. The minimum atomic E-state index is -0.308. The first-order valence-electron chi connectivity index (χ1n) is 12.5. The lowest BCUT2D eigenvalue weighted by Crippen LogP contribution is -2.49. The van der Waals surface area contributed by atoms with Crippen molar-refractivity contribution in [1.82, 2.24) is 14.8 Å². The molecule has 0 radical (unpaired) electrons. The summed E-state index contributed by atoms with van der Waals surface area (Å²) in [6.07, 6.45) is 5.51. The minimum absolute atomic E-state index is 0.0498. The first-order chi connectivity index (χ1) is 17.4. The summed E-state index contributed by atoms with van der Waals surface area (Å²) in [4.78, 5) is 22.2. The van der Waals surface area contributed by atoms with Crippen LogP contribution in [0.2, 0.25) is 0 Å². The Morgan fingerprint density at radius 3 is 2.47 bits per heavy atom. The van der Waals surface area contributed by atoms with Crippen LogP contribution in [-0.2, 0) is 6.54 Å². The van der Waals surface area contributed by atoms with Crippen molar-refractivity contribution in [3.8, 4) is 5.88 Å². The van der Waals surface area contributed by atoms with Crippen molar-refractivity contribution in [2.75, 3.05) is 26.7 Å². The second kappa shape index (κ2) is 12.0. The van der Waals surface area contributed by atoms with E-state index < -0.39 is 0 Å². The monoisotopic (exact) mass is 485 g/mol. The Kier molecular flexibility index (Phi) is 8.52. The van der Waals surface area contributed by atoms with Gasteiger partial charge < -0.3 is 14.7 Å². The number of pyridine rings is 1. The molecule has 2 aromatic carbocycles. The highest BCUT2D eigenvalue weighted by Gasteiger charge is 2.34. The summed E-state index contributed by atoms with van der Waals surface area (Å²) in [7, 11) is 2.08. The molecule has 3 atom stereocenters. The lowest BCUT2D eigenvalue weighted by Gasteiger charge is -2.37. The molecule has 2 heterocycles. The van der Waals surface area contributed by atoms with Gasteiger partial charge >= 0.3 is 0 Å². The van der Waals surface area contributed by atoms with Gasteiger partial charge in [-0.05, 0) is 36.7 Å². The van der Waals surface area contributed by atoms with Crippen molar-refractivity contribution >= 4 is 18.1 Å². The Labute approximate surface area is 213 Å². The van der Waals surface area contributed by atoms with E-state index >= 15 is 0 Å². The number of likely N-dealkylation sites (N-methyl/N-ethyl adjacent to an activating group) is 1. The summed E-state index contributed by atoms with van der Waals surface area (Å²) in [6.45, 7) is 5.83. The lowest BCUT2D eigenvalue weighted by atomic mass is 9.99. The van der Waals surface area contributed by atoms with Crippen LogP contribution < -0.4 is 4.74 Å². The lowest BCUT2D eigenvalue weighted by molar-refractivity contribution is 0.0325. The summed E-state index contributed by atoms with van der Waals surface area (Å²) in [5.74, 6) is 0.224. The van der Waals surface area contributed by atoms with Gasteiger partial charge in [0.25, 0.3) is 5.91 Å². The van der Waals surface area contributed by atoms with Crippen molar-refractivity contribution in [2.24, 2.45) is 5.92 Å². The second-order valence-corrected chi connectivity index (χ2v) is 9.67. The van der Waals surface area contributed by atoms with Crippen molar-refractivity contribution < 1.29 is 14.6 Å². The molecule has 1 N–H and O–H groups in total. The number of fused-ring (bicyclic) bond motifs is 1. The van der Waals surface area contributed by atoms with Gasteiger partial charge in [-0.3, -0.25) is 9.69 Å². The molecular weight excluding hydrogens is 450 g/mol. The third kappa shape index (κ3) is 6.39. The van der Waals surface area contributed by atoms with Crippen LogP contribution in [0.3, 0.4) is 0 Å². The van der Waals surface area contributed by atoms with Crippen LogP contribution in [-0.4, -0.2) is 64.7 Å². The number of rotatable bonds is 8. The molecule has 6 heteroatoms. The number of hydrogen-bond donors (Lipinski definition) is 1. The third-order valence-electron chi connectivity index (χ3n) is 6.60. The van der Waals surface area contributed by atoms with Gasteiger partial charge in [0.15, 0.2) is 0 Å². The van der Waals surface area contributed by atoms with Gasteiger partial charge in [-0.25, -0.2) is 4.98 Å². The molecule has 0 saturated heterocycles. The van der Waals surface area contributed by atoms with Gasteiger partial charge in [0.05, 0.1) is 12.6 Å². The van der Waals surface area contributed by atoms with E-state index in [0.717, 1.165) is 17.7 Å². The summed E-state index contributed by atoms with van der Waals surface area (Å²) >= 11 is 0. The number of carbonyl (C=O) groups excluding carboxylic acids is 1. The molecule has 0 bridgehead atoms. The van der Waals surface area contributed by atoms with Gasteiger partial charge in [-0.15, -0.1) is 0 Å². The first-order valence-corrected chi connectivity index (χ1v) is 12.5. The van der Waals surface area contributed by atoms with Crippen molar-refractivity contribution in [3.05, 3.63) is 95.2 Å². The van der Waals surface area contributed by atoms with E-state index in [-0.39, 0.29) is 30.6 Å². The van der Waals surface area contributed by atoms with Crippen LogP contribution in [0.25, 0.3) is 12.2 Å². The predicted molar refractivity (Wildman–Crippen MR) is 144 cm³/mol. The molecule has 1 aromatic heterocycles. The zero-order valence-corrected chi connectivity index (χ0v) is 21.2. The molecule has 4 rings (SSSR count). The van der Waals surface area contributed by atoms with Gasteiger partial charge in [-0.2, -0.15) is 0 Å². The van der Waals surface area contributed by atoms with Crippen molar-refractivity contribution in [1.29, 1.82) is 0 Å². The van der Waals surface area contributed by atoms with Crippen LogP contribution in [0.4, 0.5) is 0 Å². The number of nitrogens with zero attached hydrogens (tertiary/aromatic N) is 3. The van der Waals surface area contributed by atoms with Crippen LogP contribution in [0.15, 0.2) is 72.9 Å². The molecule has 36 heavy (non-hydrogen) atoms. The maximum absolute atomic E-state index is 13.6. The highest BCUT2D eigenvalue weighted by atomic mass is 16.5. The molecule has 1 aliphatic rings. The van der Waals surface area contributed by atoms with E-state index in [9.17, 15) is 9.90 Å². The van der Waals surface area contributed by atoms with Crippen molar-refractivity contribution in [2.45, 2.75) is 32.5 Å². The molecule has 188 valence electrons. The maximum atomic E-state index is 13.6. The fourth-order valence-electron chi connectivity index (χ4n) is 4.45. The van der Waals surface area contributed by atoms with E-state index in [1.165, 1.54) is 5.56 Å². The molecule has 0 saturated carbocycles. The molecule has 3 aromatic rings. The molecule has 1 amide bonds. The topological polar surface area (TPSA) is 65.9 Å². The number of aliphatic hydroxyl groups excluding tert-OH is 1. The average molecular weight is 486 g/mol. The fourth-order valence-corrected chi connectivity index (χ4v) is 4.45. The summed E-state index contributed by atoms with van der Waals surface area (Å²) in [5.41, 5.74) is 3.54. The standard InChI is InChI=1S/C30H35N3O3/c1-22-18-33(23(2)21-34)30(35)27-16-26(15-14-24-10-6-4-7-11-24)17-31-29(27)36-28(22)20-32(3)19-25-12-8-5-9-13-25/h4-17,22-23,28,34H,18-21H2,1-3H3/b15-14+/t22-,23+,28-/m1/s1. The van der Waals surface area contributed by atoms with Gasteiger partial charge in [-0.1, -0.05) is 79.7 Å². The normalized spacial score (nSPS) is 19.0. The first kappa shape index (κ1) is 25.6. The Bertz CT molecular complexity index is 1170. The number of aromatic nitrogens is 1. The largest absolute Gasteiger partial charge is 0.472 e. The second-order valence-electron chi connectivity index (χ2n) is 9.67. The van der Waals surface area contributed by atoms with Crippen LogP contribution >= 0.6 is 0 Å². The number of ether oxygens (including phenoxy) is 1. The Balaban J connectivity index is 1.61. The quantitative estimate of drug-likeness (QED) is 0.505. The average Bonchev–Trinajstić information content (AvgIpc) is 2.90. The number of carbonyl (C=O) groups is 1. The zero-order valence-electron chi connectivity index (χ0n) is 21.2. The molecule has 0 unspecified atom stereocenters. The van der Waals surface area contributed by atoms with E-state index in [1.54, 1.807) is 11.1 Å². The Morgan fingerprint density at radius 2 is 1.78 bits per heavy atom. The maximum Gasteiger partial charge on any atom is 0.259 e. The van der Waals surface area contributed by atoms with Gasteiger partial charge in [0, 0.05) is 31.7 Å². The minimum Gasteiger partial charge on any atom is -0.472 e. The summed E-state index contributed by atoms with van der Waals surface area (Å²) < 4.78 is 6.42.